The number of likely N-dealkylation sites (tertiary alicyclic amines) is 1. The standard InChI is InChI=1S/C20H32N2O/c1-5-18-9-6-7-11-22(18)12-8-10-21-20(23)19-14-16(3)15(2)13-17(19)4/h13-14,18H,5-12H2,1-4H3,(H,21,23)/t18-/m0/s1. The van der Waals surface area contributed by atoms with Gasteiger partial charge in [0.15, 0.2) is 0 Å². The predicted octanol–water partition coefficient (Wildman–Crippen LogP) is 4.00. The van der Waals surface area contributed by atoms with Crippen LogP contribution in [0, 0.1) is 20.8 Å². The number of nitrogens with zero attached hydrogens (tertiary/aromatic N) is 1. The van der Waals surface area contributed by atoms with Gasteiger partial charge in [-0.15, -0.1) is 0 Å². The maximum atomic E-state index is 12.4. The molecule has 0 aromatic heterocycles. The number of amides is 1. The fourth-order valence-corrected chi connectivity index (χ4v) is 3.60. The maximum Gasteiger partial charge on any atom is 0.251 e. The second-order valence-electron chi connectivity index (χ2n) is 6.95. The Labute approximate surface area is 141 Å². The zero-order valence-corrected chi connectivity index (χ0v) is 15.2. The number of rotatable bonds is 6. The Morgan fingerprint density at radius 1 is 1.17 bits per heavy atom. The smallest absolute Gasteiger partial charge is 0.251 e. The van der Waals surface area contributed by atoms with E-state index in [1.54, 1.807) is 0 Å². The first-order valence-corrected chi connectivity index (χ1v) is 9.13. The molecule has 0 bridgehead atoms. The highest BCUT2D eigenvalue weighted by Crippen LogP contribution is 2.19. The van der Waals surface area contributed by atoms with E-state index in [2.05, 4.69) is 37.1 Å². The van der Waals surface area contributed by atoms with Crippen LogP contribution in [-0.4, -0.2) is 36.5 Å². The number of piperidine rings is 1. The van der Waals surface area contributed by atoms with Crippen LogP contribution in [-0.2, 0) is 0 Å². The summed E-state index contributed by atoms with van der Waals surface area (Å²) < 4.78 is 0. The normalized spacial score (nSPS) is 18.9. The van der Waals surface area contributed by atoms with E-state index in [9.17, 15) is 4.79 Å². The first kappa shape index (κ1) is 18.0. The number of benzene rings is 1. The lowest BCUT2D eigenvalue weighted by Gasteiger charge is -2.35. The van der Waals surface area contributed by atoms with Crippen LogP contribution in [0.1, 0.15) is 66.1 Å². The minimum atomic E-state index is 0.0660. The lowest BCUT2D eigenvalue weighted by Crippen LogP contribution is -2.40. The number of nitrogens with one attached hydrogen (secondary N) is 1. The molecule has 2 rings (SSSR count). The molecule has 0 spiro atoms. The van der Waals surface area contributed by atoms with E-state index >= 15 is 0 Å². The van der Waals surface area contributed by atoms with Gasteiger partial charge in [-0.3, -0.25) is 4.79 Å². The molecule has 0 unspecified atom stereocenters. The Kier molecular flexibility index (Phi) is 6.64. The molecule has 1 saturated heterocycles. The summed E-state index contributed by atoms with van der Waals surface area (Å²) in [6, 6.07) is 4.86. The Bertz CT molecular complexity index is 539. The number of carbonyl (C=O) groups is 1. The summed E-state index contributed by atoms with van der Waals surface area (Å²) in [5.41, 5.74) is 4.31. The molecule has 0 saturated carbocycles. The second kappa shape index (κ2) is 8.49. The molecule has 1 aliphatic heterocycles. The van der Waals surface area contributed by atoms with E-state index in [-0.39, 0.29) is 5.91 Å². The molecule has 1 fully saturated rings. The van der Waals surface area contributed by atoms with Crippen LogP contribution in [0.25, 0.3) is 0 Å². The van der Waals surface area contributed by atoms with Gasteiger partial charge in [-0.2, -0.15) is 0 Å². The molecule has 128 valence electrons. The van der Waals surface area contributed by atoms with Crippen LogP contribution >= 0.6 is 0 Å². The number of hydrogen-bond acceptors (Lipinski definition) is 2. The minimum Gasteiger partial charge on any atom is -0.352 e. The van der Waals surface area contributed by atoms with Crippen molar-refractivity contribution in [2.24, 2.45) is 0 Å². The van der Waals surface area contributed by atoms with Gasteiger partial charge in [-0.05, 0) is 75.8 Å². The molecule has 1 aromatic carbocycles. The molecule has 3 nitrogen and oxygen atoms in total. The van der Waals surface area contributed by atoms with Crippen molar-refractivity contribution in [1.82, 2.24) is 10.2 Å². The van der Waals surface area contributed by atoms with Crippen LogP contribution in [0.4, 0.5) is 0 Å². The lowest BCUT2D eigenvalue weighted by atomic mass is 9.99. The summed E-state index contributed by atoms with van der Waals surface area (Å²) in [5, 5.41) is 3.09. The van der Waals surface area contributed by atoms with Crippen molar-refractivity contribution in [3.8, 4) is 0 Å². The first-order chi connectivity index (χ1) is 11.0. The van der Waals surface area contributed by atoms with Crippen molar-refractivity contribution in [3.63, 3.8) is 0 Å². The van der Waals surface area contributed by atoms with Crippen molar-refractivity contribution in [1.29, 1.82) is 0 Å². The van der Waals surface area contributed by atoms with Crippen LogP contribution in [0.15, 0.2) is 12.1 Å². The Hall–Kier alpha value is -1.35. The number of hydrogen-bond donors (Lipinski definition) is 1. The maximum absolute atomic E-state index is 12.4. The summed E-state index contributed by atoms with van der Waals surface area (Å²) in [5.74, 6) is 0.0660. The molecular formula is C20H32N2O. The Morgan fingerprint density at radius 2 is 1.91 bits per heavy atom. The molecule has 3 heteroatoms. The number of aryl methyl sites for hydroxylation is 3. The molecule has 23 heavy (non-hydrogen) atoms. The average Bonchev–Trinajstić information content (AvgIpc) is 2.55. The highest BCUT2D eigenvalue weighted by Gasteiger charge is 2.20. The third-order valence-electron chi connectivity index (χ3n) is 5.21. The number of carbonyl (C=O) groups excluding carboxylic acids is 1. The lowest BCUT2D eigenvalue weighted by molar-refractivity contribution is 0.0946. The Morgan fingerprint density at radius 3 is 2.65 bits per heavy atom. The summed E-state index contributed by atoms with van der Waals surface area (Å²) in [6.45, 7) is 11.5. The van der Waals surface area contributed by atoms with E-state index in [4.69, 9.17) is 0 Å². The third-order valence-corrected chi connectivity index (χ3v) is 5.21. The average molecular weight is 316 g/mol. The minimum absolute atomic E-state index is 0.0660. The highest BCUT2D eigenvalue weighted by molar-refractivity contribution is 5.95. The summed E-state index contributed by atoms with van der Waals surface area (Å²) in [7, 11) is 0. The topological polar surface area (TPSA) is 32.3 Å². The fraction of sp³-hybridized carbons (Fsp3) is 0.650. The van der Waals surface area contributed by atoms with E-state index in [1.807, 2.05) is 13.0 Å². The van der Waals surface area contributed by atoms with Crippen LogP contribution < -0.4 is 5.32 Å². The van der Waals surface area contributed by atoms with E-state index in [1.165, 1.54) is 43.4 Å². The molecular weight excluding hydrogens is 284 g/mol. The summed E-state index contributed by atoms with van der Waals surface area (Å²) in [6.07, 6.45) is 6.31. The monoisotopic (exact) mass is 316 g/mol. The van der Waals surface area contributed by atoms with Gasteiger partial charge in [0.25, 0.3) is 5.91 Å². The van der Waals surface area contributed by atoms with Gasteiger partial charge in [0.2, 0.25) is 0 Å². The van der Waals surface area contributed by atoms with E-state index in [0.717, 1.165) is 36.7 Å². The van der Waals surface area contributed by atoms with Gasteiger partial charge in [0, 0.05) is 24.7 Å². The van der Waals surface area contributed by atoms with Crippen LogP contribution in [0.3, 0.4) is 0 Å². The molecule has 1 aliphatic rings. The zero-order chi connectivity index (χ0) is 16.8. The SMILES string of the molecule is CC[C@H]1CCCCN1CCCNC(=O)c1cc(C)c(C)cc1C. The van der Waals surface area contributed by atoms with Gasteiger partial charge >= 0.3 is 0 Å². The van der Waals surface area contributed by atoms with Gasteiger partial charge < -0.3 is 10.2 Å². The molecule has 1 heterocycles. The van der Waals surface area contributed by atoms with Gasteiger partial charge in [0.1, 0.15) is 0 Å². The summed E-state index contributed by atoms with van der Waals surface area (Å²) >= 11 is 0. The predicted molar refractivity (Wildman–Crippen MR) is 97.1 cm³/mol. The first-order valence-electron chi connectivity index (χ1n) is 9.13. The van der Waals surface area contributed by atoms with Crippen molar-refractivity contribution in [2.75, 3.05) is 19.6 Å². The van der Waals surface area contributed by atoms with Crippen molar-refractivity contribution < 1.29 is 4.79 Å². The van der Waals surface area contributed by atoms with Crippen molar-refractivity contribution in [3.05, 3.63) is 34.4 Å². The largest absolute Gasteiger partial charge is 0.352 e. The van der Waals surface area contributed by atoms with Crippen LogP contribution in [0.5, 0.6) is 0 Å². The van der Waals surface area contributed by atoms with Crippen LogP contribution in [0.2, 0.25) is 0 Å². The quantitative estimate of drug-likeness (QED) is 0.805. The third kappa shape index (κ3) is 4.81. The molecule has 1 aromatic rings. The van der Waals surface area contributed by atoms with Crippen molar-refractivity contribution in [2.45, 2.75) is 65.8 Å². The van der Waals surface area contributed by atoms with Gasteiger partial charge in [-0.1, -0.05) is 19.4 Å². The molecule has 1 amide bonds. The molecule has 1 N–H and O–H groups in total. The van der Waals surface area contributed by atoms with Gasteiger partial charge in [-0.25, -0.2) is 0 Å². The van der Waals surface area contributed by atoms with E-state index in [0.29, 0.717) is 0 Å². The fourth-order valence-electron chi connectivity index (χ4n) is 3.60. The van der Waals surface area contributed by atoms with Gasteiger partial charge in [0.05, 0.1) is 0 Å². The Balaban J connectivity index is 1.80. The van der Waals surface area contributed by atoms with E-state index < -0.39 is 0 Å². The second-order valence-corrected chi connectivity index (χ2v) is 6.95. The summed E-state index contributed by atoms with van der Waals surface area (Å²) in [4.78, 5) is 15.0. The molecule has 1 atom stereocenters. The van der Waals surface area contributed by atoms with Crippen molar-refractivity contribution >= 4 is 5.91 Å². The molecule has 0 radical (unpaired) electrons. The molecule has 0 aliphatic carbocycles. The highest BCUT2D eigenvalue weighted by atomic mass is 16.1. The zero-order valence-electron chi connectivity index (χ0n) is 15.2.